The highest BCUT2D eigenvalue weighted by molar-refractivity contribution is 5.71. The van der Waals surface area contributed by atoms with Crippen LogP contribution >= 0.6 is 0 Å². The molecule has 14 nitrogen and oxygen atoms in total. The van der Waals surface area contributed by atoms with Crippen LogP contribution in [0.1, 0.15) is 278 Å². The van der Waals surface area contributed by atoms with E-state index in [1.807, 2.05) is 0 Å². The second kappa shape index (κ2) is 52.8. The van der Waals surface area contributed by atoms with E-state index in [0.29, 0.717) is 44.9 Å². The molecule has 0 aromatic rings. The number of rotatable bonds is 57. The molecular weight excluding hydrogens is 957 g/mol. The van der Waals surface area contributed by atoms with E-state index < -0.39 is 48.6 Å². The number of hydrogen-bond donors (Lipinski definition) is 4. The molecule has 0 heterocycles. The van der Waals surface area contributed by atoms with Crippen LogP contribution in [-0.2, 0) is 47.5 Å². The van der Waals surface area contributed by atoms with Crippen molar-refractivity contribution in [1.29, 1.82) is 0 Å². The Morgan fingerprint density at radius 3 is 0.947 bits per heavy atom. The van der Waals surface area contributed by atoms with E-state index in [1.54, 1.807) is 28.4 Å². The summed E-state index contributed by atoms with van der Waals surface area (Å²) < 4.78 is 39.1. The molecule has 4 N–H and O–H groups in total. The van der Waals surface area contributed by atoms with Crippen LogP contribution in [0.4, 0.5) is 0 Å². The standard InChI is InChI=1S/C61H118O14/c1-8-11-14-16-24-33-42-55(69-4)51(62)38-30-21-18-26-35-44-59(66)73-48-50(75-61(68)46-37-28-20-22-31-39-52(63)56(70-5)43-34-25-17-15-12-9-2)49-74-60(67)45-36-27-19-23-32-40-53(64)58(72-7)47-54(65)57(71-6)41-29-13-10-3/h50-58,62-65H,8-49H2,1-7H3. The molecule has 0 radical (unpaired) electrons. The summed E-state index contributed by atoms with van der Waals surface area (Å²) in [5.41, 5.74) is 0. The first-order valence-electron chi connectivity index (χ1n) is 30.7. The molecule has 0 fully saturated rings. The van der Waals surface area contributed by atoms with Gasteiger partial charge in [-0.1, -0.05) is 194 Å². The lowest BCUT2D eigenvalue weighted by Gasteiger charge is -2.28. The molecule has 0 spiro atoms. The first-order valence-corrected chi connectivity index (χ1v) is 30.7. The fraction of sp³-hybridized carbons (Fsp3) is 0.951. The van der Waals surface area contributed by atoms with Gasteiger partial charge in [0.15, 0.2) is 6.10 Å². The second-order valence-electron chi connectivity index (χ2n) is 21.6. The maximum absolute atomic E-state index is 13.0. The number of esters is 3. The highest BCUT2D eigenvalue weighted by Crippen LogP contribution is 2.22. The van der Waals surface area contributed by atoms with Gasteiger partial charge in [-0.25, -0.2) is 0 Å². The van der Waals surface area contributed by atoms with Gasteiger partial charge < -0.3 is 53.6 Å². The Morgan fingerprint density at radius 1 is 0.320 bits per heavy atom. The van der Waals surface area contributed by atoms with Gasteiger partial charge in [-0.15, -0.1) is 0 Å². The third-order valence-electron chi connectivity index (χ3n) is 15.0. The molecule has 9 atom stereocenters. The molecule has 0 aliphatic carbocycles. The van der Waals surface area contributed by atoms with Crippen molar-refractivity contribution in [2.24, 2.45) is 0 Å². The fourth-order valence-corrected chi connectivity index (χ4v) is 9.94. The number of methoxy groups -OCH3 is 4. The van der Waals surface area contributed by atoms with Crippen molar-refractivity contribution in [2.45, 2.75) is 333 Å². The Balaban J connectivity index is 4.86. The first kappa shape index (κ1) is 73.1. The highest BCUT2D eigenvalue weighted by atomic mass is 16.6. The van der Waals surface area contributed by atoms with Crippen LogP contribution in [0.15, 0.2) is 0 Å². The van der Waals surface area contributed by atoms with Crippen LogP contribution in [0.25, 0.3) is 0 Å². The molecule has 0 saturated heterocycles. The Bertz CT molecular complexity index is 1270. The van der Waals surface area contributed by atoms with Gasteiger partial charge in [-0.05, 0) is 57.8 Å². The minimum Gasteiger partial charge on any atom is -0.462 e. The molecule has 0 saturated carbocycles. The van der Waals surface area contributed by atoms with Gasteiger partial charge in [0.2, 0.25) is 0 Å². The average Bonchev–Trinajstić information content (AvgIpc) is 3.40. The lowest BCUT2D eigenvalue weighted by Crippen LogP contribution is -2.37. The third-order valence-corrected chi connectivity index (χ3v) is 15.0. The predicted molar refractivity (Wildman–Crippen MR) is 301 cm³/mol. The summed E-state index contributed by atoms with van der Waals surface area (Å²) in [5.74, 6) is -1.22. The van der Waals surface area contributed by atoms with E-state index in [2.05, 4.69) is 20.8 Å². The van der Waals surface area contributed by atoms with E-state index in [9.17, 15) is 34.8 Å². The summed E-state index contributed by atoms with van der Waals surface area (Å²) in [7, 11) is 6.53. The van der Waals surface area contributed by atoms with E-state index in [-0.39, 0.29) is 56.8 Å². The summed E-state index contributed by atoms with van der Waals surface area (Å²) in [6, 6.07) is 0. The van der Waals surface area contributed by atoms with Crippen LogP contribution in [0.2, 0.25) is 0 Å². The molecule has 0 rings (SSSR count). The normalized spacial score (nSPS) is 15.4. The van der Waals surface area contributed by atoms with Gasteiger partial charge in [0, 0.05) is 54.1 Å². The van der Waals surface area contributed by atoms with Crippen LogP contribution in [0, 0.1) is 0 Å². The van der Waals surface area contributed by atoms with Crippen molar-refractivity contribution < 1.29 is 68.0 Å². The SMILES string of the molecule is CCCCCCCCC(OC)C(O)CCCCCCCC(=O)OCC(COC(=O)CCCCCCCC(O)C(CC(O)C(CCCCC)OC)OC)OC(=O)CCCCCCCC(O)C(CCCCCCCC)OC. The number of aliphatic hydroxyl groups is 4. The van der Waals surface area contributed by atoms with Crippen molar-refractivity contribution in [3.63, 3.8) is 0 Å². The van der Waals surface area contributed by atoms with Crippen molar-refractivity contribution in [3.8, 4) is 0 Å². The van der Waals surface area contributed by atoms with Gasteiger partial charge in [0.05, 0.1) is 48.8 Å². The zero-order chi connectivity index (χ0) is 55.6. The van der Waals surface area contributed by atoms with Crippen LogP contribution < -0.4 is 0 Å². The average molecular weight is 1080 g/mol. The van der Waals surface area contributed by atoms with Crippen molar-refractivity contribution in [1.82, 2.24) is 0 Å². The molecule has 14 heteroatoms. The van der Waals surface area contributed by atoms with Gasteiger partial charge in [-0.2, -0.15) is 0 Å². The smallest absolute Gasteiger partial charge is 0.306 e. The second-order valence-corrected chi connectivity index (χ2v) is 21.6. The Kier molecular flexibility index (Phi) is 51.4. The van der Waals surface area contributed by atoms with Crippen LogP contribution in [0.5, 0.6) is 0 Å². The molecule has 0 amide bonds. The Hall–Kier alpha value is -1.91. The van der Waals surface area contributed by atoms with Gasteiger partial charge >= 0.3 is 17.9 Å². The molecule has 0 aromatic carbocycles. The maximum atomic E-state index is 13.0. The Morgan fingerprint density at radius 2 is 0.587 bits per heavy atom. The summed E-state index contributed by atoms with van der Waals surface area (Å²) in [6.45, 7) is 6.18. The van der Waals surface area contributed by atoms with E-state index in [1.165, 1.54) is 64.2 Å². The molecule has 0 aromatic heterocycles. The summed E-state index contributed by atoms with van der Waals surface area (Å²) >= 11 is 0. The van der Waals surface area contributed by atoms with Crippen molar-refractivity contribution in [3.05, 3.63) is 0 Å². The number of unbranched alkanes of at least 4 members (excludes halogenated alkanes) is 24. The van der Waals surface area contributed by atoms with Crippen LogP contribution in [0.3, 0.4) is 0 Å². The van der Waals surface area contributed by atoms with Crippen molar-refractivity contribution in [2.75, 3.05) is 41.7 Å². The Labute approximate surface area is 458 Å². The topological polar surface area (TPSA) is 197 Å². The lowest BCUT2D eigenvalue weighted by molar-refractivity contribution is -0.167. The third kappa shape index (κ3) is 42.7. The molecule has 0 bridgehead atoms. The number of carbonyl (C=O) groups excluding carboxylic acids is 3. The lowest BCUT2D eigenvalue weighted by atomic mass is 9.96. The van der Waals surface area contributed by atoms with E-state index >= 15 is 0 Å². The van der Waals surface area contributed by atoms with Gasteiger partial charge in [-0.3, -0.25) is 14.4 Å². The molecule has 75 heavy (non-hydrogen) atoms. The molecule has 446 valence electrons. The largest absolute Gasteiger partial charge is 0.462 e. The number of carbonyl (C=O) groups is 3. The quantitative estimate of drug-likeness (QED) is 0.0255. The van der Waals surface area contributed by atoms with Gasteiger partial charge in [0.25, 0.3) is 0 Å². The molecular formula is C61H118O14. The minimum absolute atomic E-state index is 0.124. The first-order chi connectivity index (χ1) is 36.4. The van der Waals surface area contributed by atoms with E-state index in [0.717, 1.165) is 128 Å². The van der Waals surface area contributed by atoms with Gasteiger partial charge in [0.1, 0.15) is 13.2 Å². The fourth-order valence-electron chi connectivity index (χ4n) is 9.94. The zero-order valence-electron chi connectivity index (χ0n) is 49.3. The summed E-state index contributed by atoms with van der Waals surface area (Å²) in [6.07, 6.45) is 31.4. The molecule has 0 aliphatic rings. The molecule has 9 unspecified atom stereocenters. The predicted octanol–water partition coefficient (Wildman–Crippen LogP) is 13.2. The number of hydrogen-bond acceptors (Lipinski definition) is 14. The number of aliphatic hydroxyl groups excluding tert-OH is 4. The summed E-state index contributed by atoms with van der Waals surface area (Å²) in [4.78, 5) is 38.6. The summed E-state index contributed by atoms with van der Waals surface area (Å²) in [5, 5.41) is 43.0. The highest BCUT2D eigenvalue weighted by Gasteiger charge is 2.27. The number of ether oxygens (including phenoxy) is 7. The van der Waals surface area contributed by atoms with Crippen LogP contribution in [-0.4, -0.2) is 135 Å². The monoisotopic (exact) mass is 1070 g/mol. The van der Waals surface area contributed by atoms with Crippen molar-refractivity contribution >= 4 is 17.9 Å². The zero-order valence-corrected chi connectivity index (χ0v) is 49.3. The maximum Gasteiger partial charge on any atom is 0.306 e. The molecule has 0 aliphatic heterocycles. The van der Waals surface area contributed by atoms with E-state index in [4.69, 9.17) is 33.2 Å². The minimum atomic E-state index is -0.912.